The minimum absolute atomic E-state index is 0.0702. The monoisotopic (exact) mass is 360 g/mol. The van der Waals surface area contributed by atoms with E-state index in [2.05, 4.69) is 34.0 Å². The summed E-state index contributed by atoms with van der Waals surface area (Å²) in [5.74, 6) is 1.88. The zero-order chi connectivity index (χ0) is 17.7. The van der Waals surface area contributed by atoms with E-state index in [1.54, 1.807) is 17.7 Å². The molecule has 2 fully saturated rings. The van der Waals surface area contributed by atoms with Crippen LogP contribution in [0.3, 0.4) is 0 Å². The highest BCUT2D eigenvalue weighted by Gasteiger charge is 2.42. The molecule has 0 spiro atoms. The Labute approximate surface area is 151 Å². The second kappa shape index (κ2) is 6.21. The highest BCUT2D eigenvalue weighted by molar-refractivity contribution is 7.18. The second-order valence-corrected chi connectivity index (χ2v) is 8.63. The van der Waals surface area contributed by atoms with Gasteiger partial charge in [0, 0.05) is 24.9 Å². The van der Waals surface area contributed by atoms with Gasteiger partial charge in [-0.05, 0) is 44.1 Å². The summed E-state index contributed by atoms with van der Waals surface area (Å²) in [7, 11) is 0. The first-order chi connectivity index (χ1) is 11.9. The molecule has 2 aromatic heterocycles. The Hall–Kier alpha value is -1.73. The number of aromatic nitrogens is 2. The molecule has 7 heteroatoms. The van der Waals surface area contributed by atoms with Crippen LogP contribution in [0.2, 0.25) is 0 Å². The summed E-state index contributed by atoms with van der Waals surface area (Å²) in [4.78, 5) is 25.1. The van der Waals surface area contributed by atoms with Crippen molar-refractivity contribution in [1.82, 2.24) is 15.3 Å². The first kappa shape index (κ1) is 16.7. The van der Waals surface area contributed by atoms with E-state index in [9.17, 15) is 9.90 Å². The average Bonchev–Trinajstić information content (AvgIpc) is 3.08. The third-order valence-corrected chi connectivity index (χ3v) is 6.89. The fourth-order valence-corrected chi connectivity index (χ4v) is 5.41. The predicted octanol–water partition coefficient (Wildman–Crippen LogP) is 2.02. The number of aryl methyl sites for hydroxylation is 2. The molecule has 1 aliphatic heterocycles. The van der Waals surface area contributed by atoms with E-state index in [1.807, 2.05) is 0 Å². The van der Waals surface area contributed by atoms with Crippen LogP contribution < -0.4 is 10.2 Å². The molecule has 25 heavy (non-hydrogen) atoms. The number of thiophene rings is 1. The minimum atomic E-state index is -0.458. The first-order valence-electron chi connectivity index (χ1n) is 8.85. The summed E-state index contributed by atoms with van der Waals surface area (Å²) >= 11 is 1.72. The molecular formula is C18H24N4O2S. The molecule has 6 nitrogen and oxygen atoms in total. The van der Waals surface area contributed by atoms with Crippen molar-refractivity contribution >= 4 is 33.3 Å². The Morgan fingerprint density at radius 2 is 2.00 bits per heavy atom. The van der Waals surface area contributed by atoms with Gasteiger partial charge in [-0.3, -0.25) is 4.79 Å². The molecule has 4 atom stereocenters. The van der Waals surface area contributed by atoms with Crippen LogP contribution in [0.15, 0.2) is 6.33 Å². The SMILES string of the molecule is CC(=O)N[C@@H]1C[C@@H]2CN(c3ncnc4sc(C)c(C)c34)C[C@@H]2C[C@H]1O. The van der Waals surface area contributed by atoms with Gasteiger partial charge in [-0.25, -0.2) is 9.97 Å². The van der Waals surface area contributed by atoms with Gasteiger partial charge in [0.15, 0.2) is 0 Å². The summed E-state index contributed by atoms with van der Waals surface area (Å²) in [5.41, 5.74) is 1.27. The largest absolute Gasteiger partial charge is 0.391 e. The van der Waals surface area contributed by atoms with Gasteiger partial charge in [-0.2, -0.15) is 0 Å². The van der Waals surface area contributed by atoms with E-state index in [-0.39, 0.29) is 11.9 Å². The molecule has 0 unspecified atom stereocenters. The molecule has 2 N–H and O–H groups in total. The van der Waals surface area contributed by atoms with Crippen molar-refractivity contribution in [2.75, 3.05) is 18.0 Å². The van der Waals surface area contributed by atoms with E-state index in [0.29, 0.717) is 11.8 Å². The van der Waals surface area contributed by atoms with Crippen molar-refractivity contribution in [2.24, 2.45) is 11.8 Å². The van der Waals surface area contributed by atoms with Crippen LogP contribution in [0.5, 0.6) is 0 Å². The van der Waals surface area contributed by atoms with Crippen LogP contribution in [0.1, 0.15) is 30.2 Å². The summed E-state index contributed by atoms with van der Waals surface area (Å²) < 4.78 is 0. The molecule has 2 aliphatic rings. The lowest BCUT2D eigenvalue weighted by molar-refractivity contribution is -0.121. The quantitative estimate of drug-likeness (QED) is 0.857. The number of hydrogen-bond donors (Lipinski definition) is 2. The van der Waals surface area contributed by atoms with Crippen molar-refractivity contribution in [3.8, 4) is 0 Å². The molecule has 1 amide bonds. The Kier molecular flexibility index (Phi) is 4.16. The number of anilines is 1. The number of fused-ring (bicyclic) bond motifs is 2. The summed E-state index contributed by atoms with van der Waals surface area (Å²) in [6.45, 7) is 7.62. The van der Waals surface area contributed by atoms with Crippen LogP contribution in [-0.4, -0.2) is 46.2 Å². The van der Waals surface area contributed by atoms with Crippen LogP contribution in [0.4, 0.5) is 5.82 Å². The number of aliphatic hydroxyl groups is 1. The van der Waals surface area contributed by atoms with E-state index in [0.717, 1.165) is 36.6 Å². The van der Waals surface area contributed by atoms with Crippen molar-refractivity contribution in [3.63, 3.8) is 0 Å². The molecule has 4 rings (SSSR count). The molecule has 1 saturated carbocycles. The van der Waals surface area contributed by atoms with E-state index >= 15 is 0 Å². The highest BCUT2D eigenvalue weighted by Crippen LogP contribution is 2.41. The predicted molar refractivity (Wildman–Crippen MR) is 98.9 cm³/mol. The third kappa shape index (κ3) is 2.89. The van der Waals surface area contributed by atoms with Gasteiger partial charge in [0.1, 0.15) is 17.0 Å². The maximum Gasteiger partial charge on any atom is 0.217 e. The van der Waals surface area contributed by atoms with Crippen LogP contribution in [0, 0.1) is 25.7 Å². The molecule has 0 aromatic carbocycles. The summed E-state index contributed by atoms with van der Waals surface area (Å²) in [6, 6.07) is -0.130. The van der Waals surface area contributed by atoms with Crippen molar-refractivity contribution in [1.29, 1.82) is 0 Å². The fraction of sp³-hybridized carbons (Fsp3) is 0.611. The summed E-state index contributed by atoms with van der Waals surface area (Å²) in [6.07, 6.45) is 2.77. The molecule has 3 heterocycles. The second-order valence-electron chi connectivity index (χ2n) is 7.43. The van der Waals surface area contributed by atoms with Crippen LogP contribution >= 0.6 is 11.3 Å². The third-order valence-electron chi connectivity index (χ3n) is 5.78. The Morgan fingerprint density at radius 1 is 1.28 bits per heavy atom. The lowest BCUT2D eigenvalue weighted by Gasteiger charge is -2.35. The molecule has 1 aliphatic carbocycles. The Morgan fingerprint density at radius 3 is 2.72 bits per heavy atom. The average molecular weight is 360 g/mol. The lowest BCUT2D eigenvalue weighted by atomic mass is 9.77. The Balaban J connectivity index is 1.60. The number of carbonyl (C=O) groups is 1. The topological polar surface area (TPSA) is 78.4 Å². The molecule has 134 valence electrons. The molecular weight excluding hydrogens is 336 g/mol. The number of aliphatic hydroxyl groups excluding tert-OH is 1. The van der Waals surface area contributed by atoms with Gasteiger partial charge in [0.2, 0.25) is 5.91 Å². The van der Waals surface area contributed by atoms with Gasteiger partial charge in [-0.15, -0.1) is 11.3 Å². The first-order valence-corrected chi connectivity index (χ1v) is 9.66. The number of hydrogen-bond acceptors (Lipinski definition) is 6. The van der Waals surface area contributed by atoms with Crippen molar-refractivity contribution in [2.45, 2.75) is 45.8 Å². The van der Waals surface area contributed by atoms with Gasteiger partial charge >= 0.3 is 0 Å². The maximum absolute atomic E-state index is 11.4. The molecule has 2 aromatic rings. The summed E-state index contributed by atoms with van der Waals surface area (Å²) in [5, 5.41) is 14.5. The molecule has 0 radical (unpaired) electrons. The molecule has 1 saturated heterocycles. The van der Waals surface area contributed by atoms with Gasteiger partial charge in [0.05, 0.1) is 17.5 Å². The highest BCUT2D eigenvalue weighted by atomic mass is 32.1. The number of nitrogens with zero attached hydrogens (tertiary/aromatic N) is 3. The zero-order valence-corrected chi connectivity index (χ0v) is 15.6. The fourth-order valence-electron chi connectivity index (χ4n) is 4.42. The van der Waals surface area contributed by atoms with Crippen LogP contribution in [-0.2, 0) is 4.79 Å². The van der Waals surface area contributed by atoms with E-state index in [1.165, 1.54) is 22.8 Å². The smallest absolute Gasteiger partial charge is 0.217 e. The molecule has 0 bridgehead atoms. The number of carbonyl (C=O) groups excluding carboxylic acids is 1. The van der Waals surface area contributed by atoms with E-state index in [4.69, 9.17) is 0 Å². The minimum Gasteiger partial charge on any atom is -0.391 e. The zero-order valence-electron chi connectivity index (χ0n) is 14.8. The van der Waals surface area contributed by atoms with Gasteiger partial charge in [0.25, 0.3) is 0 Å². The van der Waals surface area contributed by atoms with Crippen molar-refractivity contribution in [3.05, 3.63) is 16.8 Å². The lowest BCUT2D eigenvalue weighted by Crippen LogP contribution is -2.48. The van der Waals surface area contributed by atoms with Gasteiger partial charge in [-0.1, -0.05) is 0 Å². The standard InChI is InChI=1S/C18H24N4O2S/c1-9-10(2)25-18-16(9)17(19-8-20-18)22-6-12-4-14(21-11(3)23)15(24)5-13(12)7-22/h8,12-15,24H,4-7H2,1-3H3,(H,21,23)/t12-,13+,14-,15-/m1/s1. The van der Waals surface area contributed by atoms with Gasteiger partial charge < -0.3 is 15.3 Å². The number of rotatable bonds is 2. The van der Waals surface area contributed by atoms with E-state index < -0.39 is 6.10 Å². The maximum atomic E-state index is 11.4. The van der Waals surface area contributed by atoms with Crippen molar-refractivity contribution < 1.29 is 9.90 Å². The number of amides is 1. The normalized spacial score (nSPS) is 29.0. The number of nitrogens with one attached hydrogen (secondary N) is 1. The Bertz CT molecular complexity index is 821. The van der Waals surface area contributed by atoms with Crippen LogP contribution in [0.25, 0.3) is 10.2 Å².